The van der Waals surface area contributed by atoms with Gasteiger partial charge in [0.1, 0.15) is 5.69 Å². The number of anilines is 1. The van der Waals surface area contributed by atoms with E-state index in [2.05, 4.69) is 48.3 Å². The Balaban J connectivity index is 1.15. The molecule has 0 unspecified atom stereocenters. The van der Waals surface area contributed by atoms with Gasteiger partial charge in [-0.05, 0) is 62.0 Å². The number of hydrogen-bond donors (Lipinski definition) is 2. The van der Waals surface area contributed by atoms with Crippen LogP contribution in [0.1, 0.15) is 44.6 Å². The number of benzene rings is 3. The Labute approximate surface area is 321 Å². The number of amides is 2. The third kappa shape index (κ3) is 6.38. The van der Waals surface area contributed by atoms with Crippen molar-refractivity contribution in [1.29, 1.82) is 0 Å². The number of aromatic amines is 1. The Morgan fingerprint density at radius 1 is 0.982 bits per heavy atom. The number of nitrogens with zero attached hydrogens (tertiary/aromatic N) is 7. The van der Waals surface area contributed by atoms with Crippen LogP contribution in [0.4, 0.5) is 18.9 Å². The van der Waals surface area contributed by atoms with Crippen LogP contribution < -0.4 is 21.6 Å². The van der Waals surface area contributed by atoms with Crippen molar-refractivity contribution in [3.63, 3.8) is 0 Å². The van der Waals surface area contributed by atoms with Crippen molar-refractivity contribution < 1.29 is 22.8 Å². The molecular formula is C38H37BrF3N9O4. The van der Waals surface area contributed by atoms with Gasteiger partial charge in [-0.3, -0.25) is 23.3 Å². The number of fused-ring (bicyclic) bond motifs is 1. The first-order chi connectivity index (χ1) is 26.1. The minimum atomic E-state index is -4.70. The monoisotopic (exact) mass is 819 g/mol. The van der Waals surface area contributed by atoms with Crippen molar-refractivity contribution in [2.24, 2.45) is 12.5 Å². The first kappa shape index (κ1) is 36.6. The molecule has 17 heteroatoms. The van der Waals surface area contributed by atoms with Gasteiger partial charge in [0.2, 0.25) is 0 Å². The highest BCUT2D eigenvalue weighted by Gasteiger charge is 2.50. The Morgan fingerprint density at radius 2 is 1.67 bits per heavy atom. The molecule has 2 saturated heterocycles. The fourth-order valence-electron chi connectivity index (χ4n) is 8.20. The van der Waals surface area contributed by atoms with E-state index in [4.69, 9.17) is 0 Å². The van der Waals surface area contributed by atoms with Crippen LogP contribution in [0.3, 0.4) is 0 Å². The zero-order valence-corrected chi connectivity index (χ0v) is 31.7. The molecule has 8 rings (SSSR count). The lowest BCUT2D eigenvalue weighted by Crippen LogP contribution is -2.71. The molecule has 2 amide bonds. The minimum absolute atomic E-state index is 0.000652. The van der Waals surface area contributed by atoms with Crippen LogP contribution in [-0.4, -0.2) is 84.8 Å². The molecule has 0 aliphatic carbocycles. The van der Waals surface area contributed by atoms with Crippen molar-refractivity contribution in [3.8, 4) is 17.1 Å². The van der Waals surface area contributed by atoms with Crippen LogP contribution in [0, 0.1) is 5.41 Å². The number of nitrogens with one attached hydrogen (secondary N) is 2. The van der Waals surface area contributed by atoms with Gasteiger partial charge in [-0.2, -0.15) is 18.3 Å². The number of imidazole rings is 1. The fraction of sp³-hybridized carbons (Fsp3) is 0.342. The molecule has 1 spiro atoms. The molecule has 2 N–H and O–H groups in total. The molecule has 0 radical (unpaired) electrons. The van der Waals surface area contributed by atoms with Gasteiger partial charge in [-0.25, -0.2) is 14.7 Å². The van der Waals surface area contributed by atoms with Gasteiger partial charge in [0.05, 0.1) is 23.5 Å². The van der Waals surface area contributed by atoms with Gasteiger partial charge >= 0.3 is 17.6 Å². The number of H-pyrrole nitrogens is 1. The summed E-state index contributed by atoms with van der Waals surface area (Å²) in [4.78, 5) is 60.7. The van der Waals surface area contributed by atoms with E-state index in [1.807, 2.05) is 12.1 Å². The van der Waals surface area contributed by atoms with E-state index in [1.54, 1.807) is 50.4 Å². The molecule has 2 aromatic heterocycles. The maximum Gasteiger partial charge on any atom is 0.417 e. The van der Waals surface area contributed by atoms with E-state index < -0.39 is 41.0 Å². The lowest BCUT2D eigenvalue weighted by Gasteiger charge is -2.60. The lowest BCUT2D eigenvalue weighted by molar-refractivity contribution is -0.138. The van der Waals surface area contributed by atoms with Crippen LogP contribution >= 0.6 is 15.9 Å². The zero-order valence-electron chi connectivity index (χ0n) is 30.2. The summed E-state index contributed by atoms with van der Waals surface area (Å²) >= 11 is 2.93. The first-order valence-corrected chi connectivity index (χ1v) is 18.5. The Kier molecular flexibility index (Phi) is 8.91. The van der Waals surface area contributed by atoms with Crippen LogP contribution in [0.15, 0.2) is 80.8 Å². The summed E-state index contributed by atoms with van der Waals surface area (Å²) < 4.78 is 45.3. The van der Waals surface area contributed by atoms with E-state index in [9.17, 15) is 32.3 Å². The average Bonchev–Trinajstić information content (AvgIpc) is 3.61. The van der Waals surface area contributed by atoms with E-state index in [-0.39, 0.29) is 41.1 Å². The zero-order chi connectivity index (χ0) is 39.0. The molecule has 0 bridgehead atoms. The number of rotatable bonds is 7. The van der Waals surface area contributed by atoms with Crippen molar-refractivity contribution in [2.45, 2.75) is 38.8 Å². The maximum absolute atomic E-state index is 14.4. The Bertz CT molecular complexity index is 2450. The number of alkyl halides is 3. The van der Waals surface area contributed by atoms with Gasteiger partial charge in [0.15, 0.2) is 5.82 Å². The summed E-state index contributed by atoms with van der Waals surface area (Å²) in [6.07, 6.45) is -4.70. The van der Waals surface area contributed by atoms with E-state index in [0.29, 0.717) is 28.1 Å². The topological polar surface area (TPSA) is 134 Å². The molecule has 3 aliphatic heterocycles. The smallest absolute Gasteiger partial charge is 0.370 e. The van der Waals surface area contributed by atoms with Gasteiger partial charge in [-0.1, -0.05) is 40.2 Å². The predicted octanol–water partition coefficient (Wildman–Crippen LogP) is 4.24. The standard InChI is InChI=1S/C38H37BrF3N9O4/c1-22-16-50-30(17-49(22)34(53)23-8-13-29(39)28(14-23)38(40,41)42)31(33(52)43-15-24-6-4-5-7-27(24)32-44-45-35(54)47(32)3)51(36(50)55)26-11-9-25(10-12-26)48-20-37(21-48)18-46(2)19-37/h4-14,22H,15-21H2,1-3H3,(H,43,52)(H,45,54)/t22-/m1/s1. The Morgan fingerprint density at radius 3 is 2.33 bits per heavy atom. The normalized spacial score (nSPS) is 17.8. The second kappa shape index (κ2) is 13.4. The van der Waals surface area contributed by atoms with Gasteiger partial charge in [0, 0.05) is 79.1 Å². The number of hydrogen-bond acceptors (Lipinski definition) is 7. The minimum Gasteiger partial charge on any atom is -0.370 e. The number of likely N-dealkylation sites (tertiary alicyclic amines) is 1. The average molecular weight is 821 g/mol. The van der Waals surface area contributed by atoms with Crippen LogP contribution in [-0.2, 0) is 32.9 Å². The van der Waals surface area contributed by atoms with Crippen LogP contribution in [0.2, 0.25) is 0 Å². The SMILES string of the molecule is C[C@@H]1Cn2c(c(C(=O)NCc3ccccc3-c3n[nH]c(=O)n3C)n(-c3ccc(N4CC5(CN(C)C5)C4)cc3)c2=O)CN1C(=O)c1ccc(Br)c(C(F)(F)F)c1. The van der Waals surface area contributed by atoms with Crippen molar-refractivity contribution in [3.05, 3.63) is 120 Å². The maximum atomic E-state index is 14.4. The highest BCUT2D eigenvalue weighted by Crippen LogP contribution is 2.41. The van der Waals surface area contributed by atoms with Gasteiger partial charge in [0.25, 0.3) is 11.8 Å². The van der Waals surface area contributed by atoms with Crippen molar-refractivity contribution >= 4 is 33.4 Å². The number of carbonyl (C=O) groups excluding carboxylic acids is 2. The van der Waals surface area contributed by atoms with Crippen LogP contribution in [0.5, 0.6) is 0 Å². The molecule has 0 saturated carbocycles. The predicted molar refractivity (Wildman–Crippen MR) is 201 cm³/mol. The second-order valence-corrected chi connectivity index (χ2v) is 15.6. The molecule has 286 valence electrons. The molecule has 13 nitrogen and oxygen atoms in total. The summed E-state index contributed by atoms with van der Waals surface area (Å²) in [5.41, 5.74) is 1.20. The van der Waals surface area contributed by atoms with E-state index >= 15 is 0 Å². The number of aromatic nitrogens is 5. The third-order valence-electron chi connectivity index (χ3n) is 10.9. The molecule has 5 aromatic rings. The Hall–Kier alpha value is -5.42. The summed E-state index contributed by atoms with van der Waals surface area (Å²) in [6, 6.07) is 17.2. The fourth-order valence-corrected chi connectivity index (χ4v) is 8.67. The number of carbonyl (C=O) groups is 2. The summed E-state index contributed by atoms with van der Waals surface area (Å²) in [6.45, 7) is 5.48. The highest BCUT2D eigenvalue weighted by molar-refractivity contribution is 9.10. The third-order valence-corrected chi connectivity index (χ3v) is 11.5. The van der Waals surface area contributed by atoms with E-state index in [1.165, 1.54) is 30.7 Å². The summed E-state index contributed by atoms with van der Waals surface area (Å²) in [5, 5.41) is 9.49. The van der Waals surface area contributed by atoms with E-state index in [0.717, 1.165) is 37.9 Å². The van der Waals surface area contributed by atoms with Crippen molar-refractivity contribution in [2.75, 3.05) is 38.1 Å². The lowest BCUT2D eigenvalue weighted by atomic mass is 9.73. The van der Waals surface area contributed by atoms with Gasteiger partial charge < -0.3 is 20.0 Å². The van der Waals surface area contributed by atoms with Crippen molar-refractivity contribution in [1.82, 2.24) is 39.0 Å². The quantitative estimate of drug-likeness (QED) is 0.251. The molecule has 55 heavy (non-hydrogen) atoms. The molecule has 2 fully saturated rings. The molecular weight excluding hydrogens is 783 g/mol. The molecule has 5 heterocycles. The summed E-state index contributed by atoms with van der Waals surface area (Å²) in [7, 11) is 3.68. The molecule has 3 aromatic carbocycles. The first-order valence-electron chi connectivity index (χ1n) is 17.7. The van der Waals surface area contributed by atoms with Gasteiger partial charge in [-0.15, -0.1) is 0 Å². The second-order valence-electron chi connectivity index (χ2n) is 14.8. The summed E-state index contributed by atoms with van der Waals surface area (Å²) in [5.74, 6) is -0.907. The highest BCUT2D eigenvalue weighted by atomic mass is 79.9. The molecule has 1 atom stereocenters. The molecule has 3 aliphatic rings. The van der Waals surface area contributed by atoms with Crippen LogP contribution in [0.25, 0.3) is 17.1 Å². The largest absolute Gasteiger partial charge is 0.417 e. The number of halogens is 4.